The Labute approximate surface area is 172 Å². The molecule has 3 aliphatic rings. The van der Waals surface area contributed by atoms with Gasteiger partial charge in [-0.15, -0.1) is 0 Å². The van der Waals surface area contributed by atoms with E-state index in [1.165, 1.54) is 0 Å². The van der Waals surface area contributed by atoms with Crippen molar-refractivity contribution in [3.63, 3.8) is 0 Å². The first kappa shape index (κ1) is 18.9. The van der Waals surface area contributed by atoms with E-state index in [1.807, 2.05) is 49.4 Å². The highest BCUT2D eigenvalue weighted by Gasteiger charge is 2.58. The molecule has 2 heterocycles. The Morgan fingerprint density at radius 2 is 1.83 bits per heavy atom. The molecule has 0 spiro atoms. The lowest BCUT2D eigenvalue weighted by molar-refractivity contribution is -0.147. The number of amides is 1. The molecule has 2 aromatic rings. The highest BCUT2D eigenvalue weighted by Crippen LogP contribution is 2.47. The molecular weight excluding hydrogens is 364 g/mol. The van der Waals surface area contributed by atoms with Gasteiger partial charge in [-0.1, -0.05) is 43.2 Å². The van der Waals surface area contributed by atoms with Crippen LogP contribution in [0, 0.1) is 24.7 Å². The van der Waals surface area contributed by atoms with Gasteiger partial charge in [0.15, 0.2) is 5.60 Å². The van der Waals surface area contributed by atoms with Crippen molar-refractivity contribution in [1.29, 1.82) is 0 Å². The number of rotatable bonds is 6. The zero-order chi connectivity index (χ0) is 20.0. The molecule has 3 unspecified atom stereocenters. The lowest BCUT2D eigenvalue weighted by atomic mass is 9.79. The van der Waals surface area contributed by atoms with Crippen LogP contribution in [-0.4, -0.2) is 35.0 Å². The Hall–Kier alpha value is -2.11. The van der Waals surface area contributed by atoms with Gasteiger partial charge >= 0.3 is 0 Å². The smallest absolute Gasteiger partial charge is 0.257 e. The Kier molecular flexibility index (Phi) is 4.75. The summed E-state index contributed by atoms with van der Waals surface area (Å²) in [5.74, 6) is 2.72. The van der Waals surface area contributed by atoms with Crippen LogP contribution in [0.25, 0.3) is 0 Å². The molecule has 3 fully saturated rings. The van der Waals surface area contributed by atoms with Crippen molar-refractivity contribution >= 4 is 5.91 Å². The van der Waals surface area contributed by atoms with Crippen molar-refractivity contribution in [3.05, 3.63) is 59.5 Å². The van der Waals surface area contributed by atoms with Crippen molar-refractivity contribution in [3.8, 4) is 0 Å². The third-order valence-electron chi connectivity index (χ3n) is 7.25. The van der Waals surface area contributed by atoms with E-state index in [2.05, 4.69) is 10.2 Å². The number of hydrogen-bond donors (Lipinski definition) is 2. The molecular formula is C24H30N2O3. The maximum absolute atomic E-state index is 13.3. The van der Waals surface area contributed by atoms with Crippen LogP contribution in [0.3, 0.4) is 0 Å². The number of carbonyl (C=O) groups is 1. The average Bonchev–Trinajstić information content (AvgIpc) is 3.25. The lowest BCUT2D eigenvalue weighted by Crippen LogP contribution is -2.50. The Bertz CT molecular complexity index is 861. The first-order valence-corrected chi connectivity index (χ1v) is 10.9. The quantitative estimate of drug-likeness (QED) is 0.790. The van der Waals surface area contributed by atoms with Crippen molar-refractivity contribution in [2.45, 2.75) is 50.8 Å². The van der Waals surface area contributed by atoms with Crippen LogP contribution < -0.4 is 5.32 Å². The monoisotopic (exact) mass is 394 g/mol. The predicted octanol–water partition coefficient (Wildman–Crippen LogP) is 3.21. The number of carbonyl (C=O) groups excluding carboxylic acids is 1. The number of aliphatic hydroxyl groups is 1. The van der Waals surface area contributed by atoms with E-state index < -0.39 is 5.60 Å². The third-order valence-corrected chi connectivity index (χ3v) is 7.25. The summed E-state index contributed by atoms with van der Waals surface area (Å²) in [6.45, 7) is 4.75. The minimum Gasteiger partial charge on any atom is -0.465 e. The Morgan fingerprint density at radius 3 is 2.45 bits per heavy atom. The van der Waals surface area contributed by atoms with E-state index in [-0.39, 0.29) is 17.9 Å². The second-order valence-corrected chi connectivity index (χ2v) is 9.15. The molecule has 3 atom stereocenters. The Morgan fingerprint density at radius 1 is 1.14 bits per heavy atom. The molecule has 0 radical (unpaired) electrons. The van der Waals surface area contributed by atoms with Gasteiger partial charge in [-0.2, -0.15) is 0 Å². The highest BCUT2D eigenvalue weighted by molar-refractivity contribution is 5.87. The molecule has 1 aromatic carbocycles. The summed E-state index contributed by atoms with van der Waals surface area (Å²) < 4.78 is 5.69. The second kappa shape index (κ2) is 7.29. The molecule has 0 bridgehead atoms. The minimum absolute atomic E-state index is 0.00202. The molecule has 1 aromatic heterocycles. The summed E-state index contributed by atoms with van der Waals surface area (Å²) in [5, 5.41) is 14.8. The summed E-state index contributed by atoms with van der Waals surface area (Å²) in [7, 11) is 0. The van der Waals surface area contributed by atoms with E-state index in [0.29, 0.717) is 11.8 Å². The predicted molar refractivity (Wildman–Crippen MR) is 110 cm³/mol. The SMILES string of the molecule is Cc1ccc(CN2CC3C(C2)C3NC(=O)C(O)(c2ccccc2)C2CCCC2)o1. The van der Waals surface area contributed by atoms with Crippen LogP contribution in [0.5, 0.6) is 0 Å². The van der Waals surface area contributed by atoms with Crippen LogP contribution >= 0.6 is 0 Å². The maximum Gasteiger partial charge on any atom is 0.257 e. The van der Waals surface area contributed by atoms with E-state index in [1.54, 1.807) is 0 Å². The molecule has 1 aliphatic heterocycles. The van der Waals surface area contributed by atoms with Crippen LogP contribution in [0.15, 0.2) is 46.9 Å². The fourth-order valence-electron chi connectivity index (χ4n) is 5.60. The van der Waals surface area contributed by atoms with Gasteiger partial charge in [0.25, 0.3) is 5.91 Å². The van der Waals surface area contributed by atoms with E-state index in [0.717, 1.165) is 62.4 Å². The molecule has 5 nitrogen and oxygen atoms in total. The average molecular weight is 395 g/mol. The number of benzene rings is 1. The summed E-state index contributed by atoms with van der Waals surface area (Å²) in [5.41, 5.74) is -0.690. The minimum atomic E-state index is -1.42. The summed E-state index contributed by atoms with van der Waals surface area (Å²) in [6, 6.07) is 13.7. The molecule has 1 saturated heterocycles. The van der Waals surface area contributed by atoms with Crippen molar-refractivity contribution in [2.24, 2.45) is 17.8 Å². The number of piperidine rings is 1. The zero-order valence-corrected chi connectivity index (χ0v) is 17.0. The standard InChI is InChI=1S/C24H30N2O3/c1-16-11-12-19(29-16)13-26-14-20-21(15-26)22(20)25-23(27)24(28,18-9-5-6-10-18)17-7-3-2-4-8-17/h2-4,7-8,11-12,18,20-22,28H,5-6,9-10,13-15H2,1H3,(H,25,27). The zero-order valence-electron chi connectivity index (χ0n) is 17.0. The van der Waals surface area contributed by atoms with Gasteiger partial charge in [-0.05, 0) is 49.3 Å². The van der Waals surface area contributed by atoms with Crippen molar-refractivity contribution < 1.29 is 14.3 Å². The highest BCUT2D eigenvalue weighted by atomic mass is 16.3. The number of nitrogens with zero attached hydrogens (tertiary/aromatic N) is 1. The number of furan rings is 1. The number of nitrogens with one attached hydrogen (secondary N) is 1. The first-order valence-electron chi connectivity index (χ1n) is 10.9. The normalized spacial score (nSPS) is 28.8. The number of hydrogen-bond acceptors (Lipinski definition) is 4. The maximum atomic E-state index is 13.3. The van der Waals surface area contributed by atoms with Crippen LogP contribution in [0.2, 0.25) is 0 Å². The second-order valence-electron chi connectivity index (χ2n) is 9.15. The molecule has 29 heavy (non-hydrogen) atoms. The van der Waals surface area contributed by atoms with E-state index in [9.17, 15) is 9.90 Å². The molecule has 2 N–H and O–H groups in total. The molecule has 154 valence electrons. The largest absolute Gasteiger partial charge is 0.465 e. The fraction of sp³-hybridized carbons (Fsp3) is 0.542. The summed E-state index contributed by atoms with van der Waals surface area (Å²) in [4.78, 5) is 15.7. The van der Waals surface area contributed by atoms with Gasteiger partial charge < -0.3 is 14.8 Å². The van der Waals surface area contributed by atoms with E-state index >= 15 is 0 Å². The fourth-order valence-corrected chi connectivity index (χ4v) is 5.60. The molecule has 5 rings (SSSR count). The molecule has 1 amide bonds. The van der Waals surface area contributed by atoms with Crippen LogP contribution in [0.4, 0.5) is 0 Å². The van der Waals surface area contributed by atoms with Gasteiger partial charge in [0.1, 0.15) is 11.5 Å². The van der Waals surface area contributed by atoms with Crippen molar-refractivity contribution in [1.82, 2.24) is 10.2 Å². The number of likely N-dealkylation sites (tertiary alicyclic amines) is 1. The lowest BCUT2D eigenvalue weighted by Gasteiger charge is -2.33. The van der Waals surface area contributed by atoms with Gasteiger partial charge in [0.2, 0.25) is 0 Å². The van der Waals surface area contributed by atoms with Gasteiger partial charge in [-0.25, -0.2) is 0 Å². The van der Waals surface area contributed by atoms with Gasteiger partial charge in [0.05, 0.1) is 6.54 Å². The van der Waals surface area contributed by atoms with Crippen molar-refractivity contribution in [2.75, 3.05) is 13.1 Å². The van der Waals surface area contributed by atoms with E-state index in [4.69, 9.17) is 4.42 Å². The van der Waals surface area contributed by atoms with Gasteiger partial charge in [0, 0.05) is 25.0 Å². The Balaban J connectivity index is 1.23. The molecule has 5 heteroatoms. The number of fused-ring (bicyclic) bond motifs is 1. The first-order chi connectivity index (χ1) is 14.1. The van der Waals surface area contributed by atoms with Crippen LogP contribution in [-0.2, 0) is 16.9 Å². The summed E-state index contributed by atoms with van der Waals surface area (Å²) >= 11 is 0. The third kappa shape index (κ3) is 3.40. The molecule has 2 saturated carbocycles. The van der Waals surface area contributed by atoms with Crippen LogP contribution in [0.1, 0.15) is 42.8 Å². The van der Waals surface area contributed by atoms with Gasteiger partial charge in [-0.3, -0.25) is 9.69 Å². The molecule has 2 aliphatic carbocycles. The topological polar surface area (TPSA) is 65.7 Å². The summed E-state index contributed by atoms with van der Waals surface area (Å²) in [6.07, 6.45) is 3.99. The number of aryl methyl sites for hydroxylation is 1.